The molecule has 1 saturated carbocycles. The molecule has 174 valence electrons. The number of nitrogens with zero attached hydrogens (tertiary/aromatic N) is 1. The number of nitrogens with one attached hydrogen (secondary N) is 1. The lowest BCUT2D eigenvalue weighted by Gasteiger charge is -2.21. The molecule has 1 fully saturated rings. The fourth-order valence-electron chi connectivity index (χ4n) is 3.38. The van der Waals surface area contributed by atoms with Crippen LogP contribution in [0.1, 0.15) is 35.6 Å². The van der Waals surface area contributed by atoms with Crippen LogP contribution in [0.2, 0.25) is 0 Å². The predicted octanol–water partition coefficient (Wildman–Crippen LogP) is 5.38. The van der Waals surface area contributed by atoms with E-state index >= 15 is 0 Å². The van der Waals surface area contributed by atoms with Crippen LogP contribution >= 0.6 is 0 Å². The van der Waals surface area contributed by atoms with Gasteiger partial charge in [-0.3, -0.25) is 4.98 Å². The molecule has 0 radical (unpaired) electrons. The number of aryl methyl sites for hydroxylation is 1. The Labute approximate surface area is 194 Å². The van der Waals surface area contributed by atoms with Crippen molar-refractivity contribution >= 4 is 11.0 Å². The zero-order valence-electron chi connectivity index (χ0n) is 18.2. The van der Waals surface area contributed by atoms with Gasteiger partial charge in [-0.1, -0.05) is 23.8 Å². The maximum absolute atomic E-state index is 13.1. The first-order chi connectivity index (χ1) is 16.0. The summed E-state index contributed by atoms with van der Waals surface area (Å²) in [4.78, 5) is 4.71. The summed E-state index contributed by atoms with van der Waals surface area (Å²) < 4.78 is 52.6. The van der Waals surface area contributed by atoms with E-state index in [1.165, 1.54) is 6.07 Å². The highest BCUT2D eigenvalue weighted by Gasteiger charge is 2.24. The summed E-state index contributed by atoms with van der Waals surface area (Å²) in [7, 11) is -1.48. The van der Waals surface area contributed by atoms with Gasteiger partial charge in [0.25, 0.3) is 0 Å². The maximum Gasteiger partial charge on any atom is 0.387 e. The minimum Gasteiger partial charge on any atom is -0.489 e. The van der Waals surface area contributed by atoms with Crippen molar-refractivity contribution in [2.24, 2.45) is 5.92 Å². The molecular formula is C25H26F2N2O3S. The maximum atomic E-state index is 13.1. The molecule has 2 aromatic carbocycles. The van der Waals surface area contributed by atoms with Crippen molar-refractivity contribution in [3.8, 4) is 11.5 Å². The second kappa shape index (κ2) is 10.9. The Morgan fingerprint density at radius 2 is 1.79 bits per heavy atom. The molecule has 1 heterocycles. The second-order valence-corrected chi connectivity index (χ2v) is 9.40. The zero-order valence-corrected chi connectivity index (χ0v) is 19.1. The Morgan fingerprint density at radius 3 is 2.45 bits per heavy atom. The summed E-state index contributed by atoms with van der Waals surface area (Å²) in [5.74, 6) is 0.715. The van der Waals surface area contributed by atoms with E-state index in [9.17, 15) is 13.0 Å². The Hall–Kier alpha value is -2.84. The van der Waals surface area contributed by atoms with Gasteiger partial charge in [0, 0.05) is 18.4 Å². The molecule has 1 aliphatic rings. The minimum absolute atomic E-state index is 0.00304. The first-order valence-electron chi connectivity index (χ1n) is 10.8. The SMILES string of the molecule is Cc1ccc(S(=O)N[C@@H](Cc2ccncc2)c2ccc(OC(F)F)c(OCC3CC3)c2)cc1. The van der Waals surface area contributed by atoms with Crippen molar-refractivity contribution in [2.45, 2.75) is 43.7 Å². The van der Waals surface area contributed by atoms with Gasteiger partial charge in [0.2, 0.25) is 0 Å². The molecule has 4 rings (SSSR count). The Kier molecular flexibility index (Phi) is 7.67. The van der Waals surface area contributed by atoms with Crippen LogP contribution in [-0.4, -0.2) is 22.4 Å². The monoisotopic (exact) mass is 472 g/mol. The molecule has 1 N–H and O–H groups in total. The highest BCUT2D eigenvalue weighted by molar-refractivity contribution is 7.83. The topological polar surface area (TPSA) is 60.5 Å². The van der Waals surface area contributed by atoms with Crippen molar-refractivity contribution in [1.29, 1.82) is 0 Å². The third-order valence-electron chi connectivity index (χ3n) is 5.43. The van der Waals surface area contributed by atoms with E-state index in [4.69, 9.17) is 4.74 Å². The predicted molar refractivity (Wildman–Crippen MR) is 123 cm³/mol. The highest BCUT2D eigenvalue weighted by Crippen LogP contribution is 2.36. The van der Waals surface area contributed by atoms with Gasteiger partial charge in [0.15, 0.2) is 11.5 Å². The highest BCUT2D eigenvalue weighted by atomic mass is 32.2. The molecule has 0 bridgehead atoms. The van der Waals surface area contributed by atoms with Crippen molar-refractivity contribution in [1.82, 2.24) is 9.71 Å². The summed E-state index contributed by atoms with van der Waals surface area (Å²) in [6.07, 6.45) is 6.08. The van der Waals surface area contributed by atoms with Crippen molar-refractivity contribution in [3.05, 3.63) is 83.7 Å². The van der Waals surface area contributed by atoms with Crippen LogP contribution < -0.4 is 14.2 Å². The summed E-state index contributed by atoms with van der Waals surface area (Å²) in [6.45, 7) is -0.516. The van der Waals surface area contributed by atoms with Crippen LogP contribution in [0.3, 0.4) is 0 Å². The van der Waals surface area contributed by atoms with E-state index in [1.807, 2.05) is 43.3 Å². The molecule has 33 heavy (non-hydrogen) atoms. The van der Waals surface area contributed by atoms with Gasteiger partial charge >= 0.3 is 6.61 Å². The van der Waals surface area contributed by atoms with Gasteiger partial charge in [-0.25, -0.2) is 8.93 Å². The lowest BCUT2D eigenvalue weighted by Crippen LogP contribution is -2.26. The molecule has 0 aliphatic heterocycles. The molecule has 1 aromatic heterocycles. The molecule has 0 saturated heterocycles. The molecule has 5 nitrogen and oxygen atoms in total. The lowest BCUT2D eigenvalue weighted by molar-refractivity contribution is -0.0515. The van der Waals surface area contributed by atoms with E-state index < -0.39 is 17.6 Å². The number of pyridine rings is 1. The number of aromatic nitrogens is 1. The first-order valence-corrected chi connectivity index (χ1v) is 12.0. The van der Waals surface area contributed by atoms with Crippen molar-refractivity contribution in [3.63, 3.8) is 0 Å². The molecule has 8 heteroatoms. The third kappa shape index (κ3) is 6.82. The fourth-order valence-corrected chi connectivity index (χ4v) is 4.38. The van der Waals surface area contributed by atoms with Crippen molar-refractivity contribution in [2.75, 3.05) is 6.61 Å². The van der Waals surface area contributed by atoms with Gasteiger partial charge in [0.05, 0.1) is 11.5 Å². The van der Waals surface area contributed by atoms with Crippen molar-refractivity contribution < 1.29 is 22.5 Å². The third-order valence-corrected chi connectivity index (χ3v) is 6.63. The number of rotatable bonds is 11. The second-order valence-electron chi connectivity index (χ2n) is 8.15. The van der Waals surface area contributed by atoms with Gasteiger partial charge in [0.1, 0.15) is 11.0 Å². The van der Waals surface area contributed by atoms with Gasteiger partial charge in [-0.15, -0.1) is 0 Å². The number of halogens is 2. The average molecular weight is 473 g/mol. The fraction of sp³-hybridized carbons (Fsp3) is 0.320. The van der Waals surface area contributed by atoms with Crippen LogP contribution in [0.4, 0.5) is 8.78 Å². The molecular weight excluding hydrogens is 446 g/mol. The molecule has 0 amide bonds. The van der Waals surface area contributed by atoms with Gasteiger partial charge < -0.3 is 9.47 Å². The lowest BCUT2D eigenvalue weighted by atomic mass is 10.00. The average Bonchev–Trinajstić information content (AvgIpc) is 3.63. The van der Waals surface area contributed by atoms with Crippen LogP contribution in [0.5, 0.6) is 11.5 Å². The van der Waals surface area contributed by atoms with E-state index in [0.717, 1.165) is 29.5 Å². The van der Waals surface area contributed by atoms with E-state index in [2.05, 4.69) is 14.4 Å². The smallest absolute Gasteiger partial charge is 0.387 e. The molecule has 1 unspecified atom stereocenters. The number of hydrogen-bond donors (Lipinski definition) is 1. The van der Waals surface area contributed by atoms with E-state index in [-0.39, 0.29) is 17.5 Å². The Balaban J connectivity index is 1.62. The van der Waals surface area contributed by atoms with Crippen LogP contribution in [-0.2, 0) is 17.4 Å². The van der Waals surface area contributed by atoms with Crippen LogP contribution in [0.15, 0.2) is 71.9 Å². The largest absolute Gasteiger partial charge is 0.489 e. The summed E-state index contributed by atoms with van der Waals surface area (Å²) in [5, 5.41) is 0. The molecule has 3 aromatic rings. The van der Waals surface area contributed by atoms with Crippen LogP contribution in [0, 0.1) is 12.8 Å². The normalized spacial score (nSPS) is 15.3. The standard InChI is InChI=1S/C25H26F2N2O3S/c1-17-2-7-21(8-3-17)33(30)29-22(14-18-10-12-28-13-11-18)20-6-9-23(32-25(26)27)24(15-20)31-16-19-4-5-19/h2-3,6-13,15,19,22,25,29H,4-5,14,16H2,1H3/t22-,33?/m0/s1. The number of benzene rings is 2. The molecule has 2 atom stereocenters. The summed E-state index contributed by atoms with van der Waals surface area (Å²) in [6, 6.07) is 15.8. The van der Waals surface area contributed by atoms with E-state index in [0.29, 0.717) is 23.8 Å². The molecule has 1 aliphatic carbocycles. The molecule has 0 spiro atoms. The number of alkyl halides is 2. The summed E-state index contributed by atoms with van der Waals surface area (Å²) in [5.41, 5.74) is 2.84. The zero-order chi connectivity index (χ0) is 23.2. The number of hydrogen-bond acceptors (Lipinski definition) is 4. The number of ether oxygens (including phenoxy) is 2. The van der Waals surface area contributed by atoms with Gasteiger partial charge in [-0.2, -0.15) is 8.78 Å². The minimum atomic E-state index is -2.95. The van der Waals surface area contributed by atoms with Gasteiger partial charge in [-0.05, 0) is 79.6 Å². The Bertz CT molecular complexity index is 1080. The van der Waals surface area contributed by atoms with E-state index in [1.54, 1.807) is 24.5 Å². The quantitative estimate of drug-likeness (QED) is 0.407. The Morgan fingerprint density at radius 1 is 1.06 bits per heavy atom. The summed E-state index contributed by atoms with van der Waals surface area (Å²) >= 11 is 0. The van der Waals surface area contributed by atoms with Crippen LogP contribution in [0.25, 0.3) is 0 Å². The first kappa shape index (κ1) is 23.3.